The number of anilines is 3. The van der Waals surface area contributed by atoms with Crippen LogP contribution in [0.15, 0.2) is 66.7 Å². The molecule has 0 unspecified atom stereocenters. The highest BCUT2D eigenvalue weighted by Gasteiger charge is 2.14. The van der Waals surface area contributed by atoms with Crippen molar-refractivity contribution in [3.05, 3.63) is 66.7 Å². The molecule has 0 atom stereocenters. The van der Waals surface area contributed by atoms with Crippen molar-refractivity contribution >= 4 is 59.0 Å². The van der Waals surface area contributed by atoms with Crippen LogP contribution in [0.1, 0.15) is 19.8 Å². The number of hydrogen-bond acceptors (Lipinski definition) is 7. The number of nitrogens with zero attached hydrogens (tertiary/aromatic N) is 1. The van der Waals surface area contributed by atoms with Crippen LogP contribution in [-0.2, 0) is 20.1 Å². The lowest BCUT2D eigenvalue weighted by Gasteiger charge is -2.17. The van der Waals surface area contributed by atoms with Crippen molar-refractivity contribution in [1.82, 2.24) is 4.98 Å². The molecule has 4 rings (SSSR count). The van der Waals surface area contributed by atoms with Gasteiger partial charge in [-0.1, -0.05) is 49.7 Å². The van der Waals surface area contributed by atoms with Gasteiger partial charge < -0.3 is 10.1 Å². The first-order valence-corrected chi connectivity index (χ1v) is 14.7. The Morgan fingerprint density at radius 3 is 2.00 bits per heavy atom. The Hall–Kier alpha value is -3.41. The Labute approximate surface area is 211 Å². The van der Waals surface area contributed by atoms with Gasteiger partial charge in [0, 0.05) is 16.8 Å². The predicted molar refractivity (Wildman–Crippen MR) is 145 cm³/mol. The molecule has 0 aliphatic rings. The molecular weight excluding hydrogens is 502 g/mol. The van der Waals surface area contributed by atoms with Gasteiger partial charge in [-0.15, -0.1) is 0 Å². The third kappa shape index (κ3) is 7.54. The number of methoxy groups -OCH3 is 1. The summed E-state index contributed by atoms with van der Waals surface area (Å²) in [6, 6.07) is 21.2. The van der Waals surface area contributed by atoms with E-state index in [0.29, 0.717) is 24.1 Å². The molecule has 3 N–H and O–H groups in total. The van der Waals surface area contributed by atoms with E-state index < -0.39 is 20.1 Å². The molecule has 0 fully saturated rings. The van der Waals surface area contributed by atoms with E-state index >= 15 is 0 Å². The highest BCUT2D eigenvalue weighted by atomic mass is 32.2. The number of pyridine rings is 1. The summed E-state index contributed by atoms with van der Waals surface area (Å²) in [4.78, 5) is 4.75. The summed E-state index contributed by atoms with van der Waals surface area (Å²) in [5.41, 5.74) is 3.92. The zero-order chi connectivity index (χ0) is 26.3. The van der Waals surface area contributed by atoms with Crippen molar-refractivity contribution in [3.8, 4) is 5.75 Å². The van der Waals surface area contributed by atoms with E-state index in [2.05, 4.69) is 10.0 Å². The lowest BCUT2D eigenvalue weighted by molar-refractivity contribution is 0.417. The maximum Gasteiger partial charge on any atom is 0.261 e. The van der Waals surface area contributed by atoms with Crippen molar-refractivity contribution < 1.29 is 26.1 Å². The molecule has 1 heterocycles. The molecule has 11 heteroatoms. The second kappa shape index (κ2) is 11.5. The molecule has 192 valence electrons. The van der Waals surface area contributed by atoms with Crippen molar-refractivity contribution in [1.29, 1.82) is 0 Å². The number of fused-ring (bicyclic) bond motifs is 2. The first-order chi connectivity index (χ1) is 17.0. The van der Waals surface area contributed by atoms with Crippen molar-refractivity contribution in [2.75, 3.05) is 29.2 Å². The summed E-state index contributed by atoms with van der Waals surface area (Å²) in [5.74, 6) is 0.640. The van der Waals surface area contributed by atoms with Crippen LogP contribution in [0.4, 0.5) is 17.1 Å². The van der Waals surface area contributed by atoms with Gasteiger partial charge in [-0.3, -0.25) is 9.27 Å². The molecule has 0 aliphatic carbocycles. The Balaban J connectivity index is 0.000000658. The fourth-order valence-electron chi connectivity index (χ4n) is 3.53. The van der Waals surface area contributed by atoms with E-state index in [9.17, 15) is 16.8 Å². The maximum atomic E-state index is 12.3. The van der Waals surface area contributed by atoms with Crippen LogP contribution in [0, 0.1) is 0 Å². The van der Waals surface area contributed by atoms with Crippen LogP contribution in [-0.4, -0.2) is 45.5 Å². The highest BCUT2D eigenvalue weighted by Crippen LogP contribution is 2.37. The normalized spacial score (nSPS) is 11.6. The minimum absolute atomic E-state index is 0.0980. The molecule has 0 saturated heterocycles. The molecule has 0 aliphatic heterocycles. The SMILES string of the molecule is CCCCS(=O)(=O)Nc1ccc(Nc2c3ccccc3nc3ccccc23)c(OC)c1.CS(=O)(=O)O. The Bertz CT molecular complexity index is 1510. The van der Waals surface area contributed by atoms with E-state index in [0.717, 1.165) is 39.6 Å². The summed E-state index contributed by atoms with van der Waals surface area (Å²) >= 11 is 0. The summed E-state index contributed by atoms with van der Waals surface area (Å²) in [7, 11) is -5.48. The number of unbranched alkanes of at least 4 members (excludes halogenated alkanes) is 1. The summed E-state index contributed by atoms with van der Waals surface area (Å²) < 4.78 is 58.6. The Morgan fingerprint density at radius 1 is 0.917 bits per heavy atom. The molecule has 0 radical (unpaired) electrons. The molecule has 3 aromatic carbocycles. The number of rotatable bonds is 8. The fraction of sp³-hybridized carbons (Fsp3) is 0.240. The maximum absolute atomic E-state index is 12.3. The molecular formula is C25H29N3O6S2. The van der Waals surface area contributed by atoms with Crippen molar-refractivity contribution in [2.45, 2.75) is 19.8 Å². The quantitative estimate of drug-likeness (QED) is 0.209. The zero-order valence-corrected chi connectivity index (χ0v) is 21.9. The lowest BCUT2D eigenvalue weighted by atomic mass is 10.1. The third-order valence-corrected chi connectivity index (χ3v) is 6.46. The minimum Gasteiger partial charge on any atom is -0.494 e. The van der Waals surface area contributed by atoms with E-state index in [-0.39, 0.29) is 5.75 Å². The van der Waals surface area contributed by atoms with Gasteiger partial charge in [0.15, 0.2) is 0 Å². The molecule has 0 bridgehead atoms. The van der Waals surface area contributed by atoms with E-state index in [4.69, 9.17) is 14.3 Å². The minimum atomic E-state index is -3.67. The van der Waals surface area contributed by atoms with Gasteiger partial charge in [0.05, 0.1) is 47.2 Å². The number of sulfonamides is 1. The van der Waals surface area contributed by atoms with Crippen LogP contribution in [0.3, 0.4) is 0 Å². The predicted octanol–water partition coefficient (Wildman–Crippen LogP) is 5.19. The topological polar surface area (TPSA) is 135 Å². The average Bonchev–Trinajstić information content (AvgIpc) is 2.82. The number of ether oxygens (including phenoxy) is 1. The number of para-hydroxylation sites is 2. The number of hydrogen-bond donors (Lipinski definition) is 3. The van der Waals surface area contributed by atoms with Gasteiger partial charge in [-0.25, -0.2) is 13.4 Å². The number of nitrogens with one attached hydrogen (secondary N) is 2. The zero-order valence-electron chi connectivity index (χ0n) is 20.2. The van der Waals surface area contributed by atoms with Crippen molar-refractivity contribution in [2.24, 2.45) is 0 Å². The summed E-state index contributed by atoms with van der Waals surface area (Å²) in [5, 5.41) is 5.48. The second-order valence-corrected chi connectivity index (χ2v) is 11.4. The standard InChI is InChI=1S/C24H25N3O3S.CH4O3S/c1-3-4-15-31(28,29)27-17-13-14-22(23(16-17)30-2)26-24-18-9-5-7-11-20(18)25-21-12-8-6-10-19(21)24;1-5(2,3)4/h5-14,16,27H,3-4,15H2,1-2H3,(H,25,26);1H3,(H,2,3,4). The number of aromatic nitrogens is 1. The third-order valence-electron chi connectivity index (χ3n) is 5.09. The molecule has 1 aromatic heterocycles. The van der Waals surface area contributed by atoms with E-state index in [1.54, 1.807) is 19.2 Å². The van der Waals surface area contributed by atoms with Crippen LogP contribution in [0.2, 0.25) is 0 Å². The van der Waals surface area contributed by atoms with Gasteiger partial charge in [-0.2, -0.15) is 8.42 Å². The molecule has 0 amide bonds. The summed E-state index contributed by atoms with van der Waals surface area (Å²) in [6.07, 6.45) is 2.15. The van der Waals surface area contributed by atoms with Crippen LogP contribution in [0.25, 0.3) is 21.8 Å². The van der Waals surface area contributed by atoms with Gasteiger partial charge >= 0.3 is 0 Å². The Kier molecular flexibility index (Phi) is 8.72. The largest absolute Gasteiger partial charge is 0.494 e. The lowest BCUT2D eigenvalue weighted by Crippen LogP contribution is -2.16. The molecule has 0 saturated carbocycles. The van der Waals surface area contributed by atoms with Crippen molar-refractivity contribution in [3.63, 3.8) is 0 Å². The van der Waals surface area contributed by atoms with Gasteiger partial charge in [0.2, 0.25) is 10.0 Å². The second-order valence-electron chi connectivity index (χ2n) is 8.07. The van der Waals surface area contributed by atoms with Gasteiger partial charge in [0.1, 0.15) is 5.75 Å². The first kappa shape index (κ1) is 27.2. The Morgan fingerprint density at radius 2 is 1.47 bits per heavy atom. The van der Waals surface area contributed by atoms with Gasteiger partial charge in [0.25, 0.3) is 10.1 Å². The highest BCUT2D eigenvalue weighted by molar-refractivity contribution is 7.92. The molecule has 4 aromatic rings. The molecule has 36 heavy (non-hydrogen) atoms. The van der Waals surface area contributed by atoms with Crippen LogP contribution < -0.4 is 14.8 Å². The first-order valence-electron chi connectivity index (χ1n) is 11.2. The monoisotopic (exact) mass is 531 g/mol. The smallest absolute Gasteiger partial charge is 0.261 e. The average molecular weight is 532 g/mol. The number of benzene rings is 3. The van der Waals surface area contributed by atoms with E-state index in [1.165, 1.54) is 0 Å². The molecule has 0 spiro atoms. The van der Waals surface area contributed by atoms with E-state index in [1.807, 2.05) is 61.5 Å². The fourth-order valence-corrected chi connectivity index (χ4v) is 4.79. The van der Waals surface area contributed by atoms with Crippen LogP contribution >= 0.6 is 0 Å². The molecule has 9 nitrogen and oxygen atoms in total. The van der Waals surface area contributed by atoms with Gasteiger partial charge in [-0.05, 0) is 30.7 Å². The van der Waals surface area contributed by atoms with Crippen LogP contribution in [0.5, 0.6) is 5.75 Å². The summed E-state index contributed by atoms with van der Waals surface area (Å²) in [6.45, 7) is 1.96.